The molecule has 2 aliphatic rings. The summed E-state index contributed by atoms with van der Waals surface area (Å²) in [5, 5.41) is 3.36. The second-order valence-corrected chi connectivity index (χ2v) is 5.99. The molecular weight excluding hydrogens is 212 g/mol. The molecule has 1 saturated heterocycles. The summed E-state index contributed by atoms with van der Waals surface area (Å²) in [5.74, 6) is 1.57. The summed E-state index contributed by atoms with van der Waals surface area (Å²) in [6, 6.07) is 0.550. The number of carbonyl (C=O) groups is 1. The monoisotopic (exact) mass is 238 g/mol. The van der Waals surface area contributed by atoms with Crippen LogP contribution in [0.5, 0.6) is 0 Å². The first-order chi connectivity index (χ1) is 8.13. The number of hydrogen-bond acceptors (Lipinski definition) is 2. The molecule has 1 N–H and O–H groups in total. The molecule has 3 atom stereocenters. The van der Waals surface area contributed by atoms with E-state index in [-0.39, 0.29) is 6.04 Å². The molecule has 0 aromatic heterocycles. The summed E-state index contributed by atoms with van der Waals surface area (Å²) in [7, 11) is 0. The molecule has 1 amide bonds. The Bertz CT molecular complexity index is 277. The van der Waals surface area contributed by atoms with Crippen molar-refractivity contribution in [1.29, 1.82) is 0 Å². The molecule has 2 fully saturated rings. The molecule has 3 heteroatoms. The zero-order valence-corrected chi connectivity index (χ0v) is 11.4. The van der Waals surface area contributed by atoms with E-state index in [1.165, 1.54) is 32.1 Å². The van der Waals surface area contributed by atoms with E-state index in [2.05, 4.69) is 31.0 Å². The SMILES string of the molecule is CCC1CCCC(N2CNC(C(C)C)C2=O)C1. The largest absolute Gasteiger partial charge is 0.326 e. The average Bonchev–Trinajstić information content (AvgIpc) is 2.71. The summed E-state index contributed by atoms with van der Waals surface area (Å²) < 4.78 is 0. The Kier molecular flexibility index (Phi) is 4.08. The van der Waals surface area contributed by atoms with Crippen LogP contribution < -0.4 is 5.32 Å². The van der Waals surface area contributed by atoms with Crippen molar-refractivity contribution in [1.82, 2.24) is 10.2 Å². The molecule has 1 heterocycles. The quantitative estimate of drug-likeness (QED) is 0.818. The van der Waals surface area contributed by atoms with E-state index in [0.717, 1.165) is 12.6 Å². The summed E-state index contributed by atoms with van der Waals surface area (Å²) in [5.41, 5.74) is 0. The Morgan fingerprint density at radius 1 is 1.41 bits per heavy atom. The van der Waals surface area contributed by atoms with Crippen LogP contribution in [0.25, 0.3) is 0 Å². The van der Waals surface area contributed by atoms with Crippen LogP contribution in [-0.4, -0.2) is 29.6 Å². The first-order valence-corrected chi connectivity index (χ1v) is 7.17. The van der Waals surface area contributed by atoms with Crippen LogP contribution in [0.4, 0.5) is 0 Å². The minimum Gasteiger partial charge on any atom is -0.326 e. The van der Waals surface area contributed by atoms with E-state index >= 15 is 0 Å². The van der Waals surface area contributed by atoms with Gasteiger partial charge in [0.1, 0.15) is 0 Å². The second-order valence-electron chi connectivity index (χ2n) is 5.99. The third-order valence-electron chi connectivity index (χ3n) is 4.47. The molecule has 3 nitrogen and oxygen atoms in total. The first kappa shape index (κ1) is 12.9. The third kappa shape index (κ3) is 2.65. The van der Waals surface area contributed by atoms with Crippen molar-refractivity contribution >= 4 is 5.91 Å². The van der Waals surface area contributed by atoms with E-state index in [9.17, 15) is 4.79 Å². The number of rotatable bonds is 3. The van der Waals surface area contributed by atoms with Crippen molar-refractivity contribution in [3.8, 4) is 0 Å². The fraction of sp³-hybridized carbons (Fsp3) is 0.929. The van der Waals surface area contributed by atoms with E-state index in [1.54, 1.807) is 0 Å². The molecule has 98 valence electrons. The maximum Gasteiger partial charge on any atom is 0.241 e. The minimum absolute atomic E-state index is 0.0528. The average molecular weight is 238 g/mol. The zero-order valence-electron chi connectivity index (χ0n) is 11.4. The van der Waals surface area contributed by atoms with Crippen LogP contribution in [0.2, 0.25) is 0 Å². The van der Waals surface area contributed by atoms with Crippen LogP contribution in [0, 0.1) is 11.8 Å². The van der Waals surface area contributed by atoms with Gasteiger partial charge in [-0.1, -0.05) is 40.0 Å². The number of amides is 1. The molecule has 0 aromatic carbocycles. The molecule has 0 aromatic rings. The van der Waals surface area contributed by atoms with E-state index in [1.807, 2.05) is 0 Å². The highest BCUT2D eigenvalue weighted by Gasteiger charge is 2.38. The fourth-order valence-corrected chi connectivity index (χ4v) is 3.29. The molecule has 1 saturated carbocycles. The number of hydrogen-bond donors (Lipinski definition) is 1. The fourth-order valence-electron chi connectivity index (χ4n) is 3.29. The molecule has 1 aliphatic carbocycles. The number of carbonyl (C=O) groups excluding carboxylic acids is 1. The number of nitrogens with one attached hydrogen (secondary N) is 1. The van der Waals surface area contributed by atoms with Gasteiger partial charge in [-0.05, 0) is 24.7 Å². The highest BCUT2D eigenvalue weighted by atomic mass is 16.2. The highest BCUT2D eigenvalue weighted by Crippen LogP contribution is 2.31. The van der Waals surface area contributed by atoms with E-state index in [4.69, 9.17) is 0 Å². The van der Waals surface area contributed by atoms with Crippen LogP contribution in [0.3, 0.4) is 0 Å². The lowest BCUT2D eigenvalue weighted by atomic mass is 9.83. The highest BCUT2D eigenvalue weighted by molar-refractivity contribution is 5.84. The van der Waals surface area contributed by atoms with Gasteiger partial charge in [-0.2, -0.15) is 0 Å². The predicted molar refractivity (Wildman–Crippen MR) is 69.5 cm³/mol. The van der Waals surface area contributed by atoms with Gasteiger partial charge in [-0.15, -0.1) is 0 Å². The van der Waals surface area contributed by atoms with Crippen LogP contribution in [0.15, 0.2) is 0 Å². The van der Waals surface area contributed by atoms with Gasteiger partial charge in [0.2, 0.25) is 5.91 Å². The standard InChI is InChI=1S/C14H26N2O/c1-4-11-6-5-7-12(8-11)16-9-15-13(10(2)3)14(16)17/h10-13,15H,4-9H2,1-3H3. The molecule has 3 unspecified atom stereocenters. The summed E-state index contributed by atoms with van der Waals surface area (Å²) in [6.07, 6.45) is 6.33. The van der Waals surface area contributed by atoms with E-state index < -0.39 is 0 Å². The molecule has 0 radical (unpaired) electrons. The van der Waals surface area contributed by atoms with Gasteiger partial charge in [0.15, 0.2) is 0 Å². The smallest absolute Gasteiger partial charge is 0.241 e. The maximum absolute atomic E-state index is 12.3. The van der Waals surface area contributed by atoms with Gasteiger partial charge < -0.3 is 4.90 Å². The number of nitrogens with zero attached hydrogens (tertiary/aromatic N) is 1. The topological polar surface area (TPSA) is 32.3 Å². The second kappa shape index (κ2) is 5.38. The van der Waals surface area contributed by atoms with Crippen molar-refractivity contribution < 1.29 is 4.79 Å². The van der Waals surface area contributed by atoms with Crippen molar-refractivity contribution in [2.24, 2.45) is 11.8 Å². The van der Waals surface area contributed by atoms with Crippen LogP contribution in [0.1, 0.15) is 52.9 Å². The van der Waals surface area contributed by atoms with Gasteiger partial charge in [-0.25, -0.2) is 0 Å². The lowest BCUT2D eigenvalue weighted by molar-refractivity contribution is -0.132. The Morgan fingerprint density at radius 3 is 2.76 bits per heavy atom. The van der Waals surface area contributed by atoms with Crippen molar-refractivity contribution in [2.75, 3.05) is 6.67 Å². The van der Waals surface area contributed by atoms with Gasteiger partial charge in [0.25, 0.3) is 0 Å². The van der Waals surface area contributed by atoms with Crippen molar-refractivity contribution in [3.63, 3.8) is 0 Å². The van der Waals surface area contributed by atoms with Gasteiger partial charge in [0, 0.05) is 6.04 Å². The molecule has 17 heavy (non-hydrogen) atoms. The summed E-state index contributed by atoms with van der Waals surface area (Å²) in [6.45, 7) is 7.28. The third-order valence-corrected chi connectivity index (χ3v) is 4.47. The van der Waals surface area contributed by atoms with Gasteiger partial charge >= 0.3 is 0 Å². The lowest BCUT2D eigenvalue weighted by Crippen LogP contribution is -2.42. The van der Waals surface area contributed by atoms with Crippen molar-refractivity contribution in [2.45, 2.75) is 65.0 Å². The van der Waals surface area contributed by atoms with Gasteiger partial charge in [-0.3, -0.25) is 10.1 Å². The molecule has 0 spiro atoms. The minimum atomic E-state index is 0.0528. The van der Waals surface area contributed by atoms with Crippen molar-refractivity contribution in [3.05, 3.63) is 0 Å². The van der Waals surface area contributed by atoms with E-state index in [0.29, 0.717) is 17.9 Å². The van der Waals surface area contributed by atoms with Crippen LogP contribution >= 0.6 is 0 Å². The van der Waals surface area contributed by atoms with Crippen LogP contribution in [-0.2, 0) is 4.79 Å². The molecule has 0 bridgehead atoms. The zero-order chi connectivity index (χ0) is 12.4. The molecule has 2 rings (SSSR count). The Balaban J connectivity index is 1.96. The Labute approximate surface area is 105 Å². The maximum atomic E-state index is 12.3. The summed E-state index contributed by atoms with van der Waals surface area (Å²) in [4.78, 5) is 14.4. The molecular formula is C14H26N2O. The normalized spacial score (nSPS) is 34.7. The Hall–Kier alpha value is -0.570. The summed E-state index contributed by atoms with van der Waals surface area (Å²) >= 11 is 0. The van der Waals surface area contributed by atoms with Gasteiger partial charge in [0.05, 0.1) is 12.7 Å². The lowest BCUT2D eigenvalue weighted by Gasteiger charge is -2.34. The Morgan fingerprint density at radius 2 is 2.18 bits per heavy atom. The molecule has 1 aliphatic heterocycles. The first-order valence-electron chi connectivity index (χ1n) is 7.17. The predicted octanol–water partition coefficient (Wildman–Crippen LogP) is 2.37.